The van der Waals surface area contributed by atoms with Crippen molar-refractivity contribution >= 4 is 23.1 Å². The fraction of sp³-hybridized carbons (Fsp3) is 0.324. The molecule has 3 aromatic carbocycles. The van der Waals surface area contributed by atoms with E-state index in [1.54, 1.807) is 6.07 Å². The summed E-state index contributed by atoms with van der Waals surface area (Å²) in [7, 11) is 0. The molecule has 45 heavy (non-hydrogen) atoms. The third-order valence-electron chi connectivity index (χ3n) is 8.06. The fourth-order valence-corrected chi connectivity index (χ4v) is 5.60. The first-order valence-corrected chi connectivity index (χ1v) is 14.9. The zero-order valence-corrected chi connectivity index (χ0v) is 24.5. The van der Waals surface area contributed by atoms with Crippen molar-refractivity contribution < 1.29 is 32.9 Å². The number of likely N-dealkylation sites (tertiary alicyclic amines) is 1. The molecule has 6 rings (SSSR count). The second-order valence-corrected chi connectivity index (χ2v) is 11.2. The molecule has 2 saturated heterocycles. The minimum atomic E-state index is -1.10. The van der Waals surface area contributed by atoms with Crippen LogP contribution in [0.25, 0.3) is 17.1 Å². The Hall–Kier alpha value is -4.79. The Morgan fingerprint density at radius 3 is 2.64 bits per heavy atom. The van der Waals surface area contributed by atoms with Crippen LogP contribution < -0.4 is 9.47 Å². The number of aromatic nitrogens is 2. The van der Waals surface area contributed by atoms with E-state index in [1.807, 2.05) is 34.9 Å². The summed E-state index contributed by atoms with van der Waals surface area (Å²) in [4.78, 5) is 17.9. The molecular formula is C34H32F2N4O5. The largest absolute Gasteiger partial charge is 0.490 e. The van der Waals surface area contributed by atoms with E-state index in [0.717, 1.165) is 55.9 Å². The number of benzene rings is 3. The zero-order chi connectivity index (χ0) is 31.3. The maximum atomic E-state index is 15.1. The number of nitrogens with zero attached hydrogens (tertiary/aromatic N) is 4. The fourth-order valence-electron chi connectivity index (χ4n) is 5.60. The van der Waals surface area contributed by atoms with Gasteiger partial charge in [-0.3, -0.25) is 4.90 Å². The Morgan fingerprint density at radius 1 is 1.11 bits per heavy atom. The number of ether oxygens (including phenoxy) is 3. The minimum Gasteiger partial charge on any atom is -0.490 e. The highest BCUT2D eigenvalue weighted by Crippen LogP contribution is 2.28. The standard InChI is InChI=1S/C34H32F2N4O5/c35-28-16-23(18-37)4-6-31(28)44-21-24-2-1-3-26(14-24)45-25-8-11-39(12-9-25)20-32-38-34-29(36)15-22(5-7-33(41)42)17-30(34)40(32)19-27-10-13-43-27/h1-7,14-17,25,27H,8-13,19-21H2,(H,41,42)/b7-5+/t27-/m0/s1. The number of aliphatic carboxylic acids is 1. The summed E-state index contributed by atoms with van der Waals surface area (Å²) < 4.78 is 48.9. The number of nitriles is 1. The zero-order valence-electron chi connectivity index (χ0n) is 24.5. The highest BCUT2D eigenvalue weighted by Gasteiger charge is 2.26. The first kappa shape index (κ1) is 30.2. The van der Waals surface area contributed by atoms with Crippen LogP contribution in [0.5, 0.6) is 11.5 Å². The number of carboxylic acids is 1. The van der Waals surface area contributed by atoms with Gasteiger partial charge in [0.1, 0.15) is 29.8 Å². The van der Waals surface area contributed by atoms with Crippen molar-refractivity contribution in [2.24, 2.45) is 0 Å². The van der Waals surface area contributed by atoms with Crippen molar-refractivity contribution in [1.29, 1.82) is 5.26 Å². The smallest absolute Gasteiger partial charge is 0.328 e. The van der Waals surface area contributed by atoms with Crippen molar-refractivity contribution in [3.05, 3.63) is 94.8 Å². The third kappa shape index (κ3) is 7.30. The Bertz CT molecular complexity index is 1770. The van der Waals surface area contributed by atoms with Crippen LogP contribution in [-0.2, 0) is 29.2 Å². The van der Waals surface area contributed by atoms with Crippen LogP contribution in [0, 0.1) is 23.0 Å². The molecule has 1 atom stereocenters. The maximum absolute atomic E-state index is 15.1. The van der Waals surface area contributed by atoms with Gasteiger partial charge in [-0.1, -0.05) is 12.1 Å². The third-order valence-corrected chi connectivity index (χ3v) is 8.06. The molecule has 232 valence electrons. The van der Waals surface area contributed by atoms with Gasteiger partial charge in [0.2, 0.25) is 0 Å². The van der Waals surface area contributed by atoms with Gasteiger partial charge in [0.15, 0.2) is 17.4 Å². The Balaban J connectivity index is 1.08. The number of hydrogen-bond donors (Lipinski definition) is 1. The monoisotopic (exact) mass is 614 g/mol. The van der Waals surface area contributed by atoms with Crippen LogP contribution in [0.3, 0.4) is 0 Å². The lowest BCUT2D eigenvalue weighted by atomic mass is 10.1. The molecule has 2 aliphatic rings. The van der Waals surface area contributed by atoms with Gasteiger partial charge in [0, 0.05) is 25.8 Å². The Kier molecular flexibility index (Phi) is 9.05. The number of hydrogen-bond acceptors (Lipinski definition) is 7. The summed E-state index contributed by atoms with van der Waals surface area (Å²) in [6, 6.07) is 16.6. The summed E-state index contributed by atoms with van der Waals surface area (Å²) >= 11 is 0. The van der Waals surface area contributed by atoms with Crippen LogP contribution in [0.1, 0.15) is 41.8 Å². The quantitative estimate of drug-likeness (QED) is 0.215. The molecule has 0 amide bonds. The molecule has 0 bridgehead atoms. The molecule has 2 aliphatic heterocycles. The summed E-state index contributed by atoms with van der Waals surface area (Å²) in [5.74, 6) is -0.639. The molecule has 0 unspecified atom stereocenters. The number of halogens is 2. The second-order valence-electron chi connectivity index (χ2n) is 11.2. The predicted octanol–water partition coefficient (Wildman–Crippen LogP) is 5.70. The molecule has 11 heteroatoms. The summed E-state index contributed by atoms with van der Waals surface area (Å²) in [5, 5.41) is 17.9. The predicted molar refractivity (Wildman–Crippen MR) is 162 cm³/mol. The molecule has 1 aromatic heterocycles. The van der Waals surface area contributed by atoms with Crippen LogP contribution in [0.15, 0.2) is 60.7 Å². The van der Waals surface area contributed by atoms with Gasteiger partial charge >= 0.3 is 5.97 Å². The van der Waals surface area contributed by atoms with E-state index in [2.05, 4.69) is 9.88 Å². The summed E-state index contributed by atoms with van der Waals surface area (Å²) in [6.45, 7) is 3.48. The van der Waals surface area contributed by atoms with Crippen molar-refractivity contribution in [3.63, 3.8) is 0 Å². The lowest BCUT2D eigenvalue weighted by molar-refractivity contribution is -0.131. The van der Waals surface area contributed by atoms with E-state index in [1.165, 1.54) is 24.3 Å². The van der Waals surface area contributed by atoms with Gasteiger partial charge in [-0.25, -0.2) is 18.6 Å². The number of carboxylic acid groups (broad SMARTS) is 1. The van der Waals surface area contributed by atoms with E-state index in [0.29, 0.717) is 36.5 Å². The van der Waals surface area contributed by atoms with E-state index >= 15 is 4.39 Å². The van der Waals surface area contributed by atoms with Gasteiger partial charge in [-0.2, -0.15) is 5.26 Å². The molecular weight excluding hydrogens is 582 g/mol. The average molecular weight is 615 g/mol. The van der Waals surface area contributed by atoms with Crippen LogP contribution in [-0.4, -0.2) is 57.4 Å². The SMILES string of the molecule is N#Cc1ccc(OCc2cccc(OC3CCN(Cc4nc5c(F)cc(/C=C/C(=O)O)cc5n4C[C@@H]4CCO4)CC3)c2)c(F)c1. The van der Waals surface area contributed by atoms with E-state index < -0.39 is 17.6 Å². The van der Waals surface area contributed by atoms with Crippen LogP contribution in [0.2, 0.25) is 0 Å². The molecule has 0 radical (unpaired) electrons. The number of imidazole rings is 1. The van der Waals surface area contributed by atoms with E-state index in [9.17, 15) is 9.18 Å². The van der Waals surface area contributed by atoms with Gasteiger partial charge in [0.25, 0.3) is 0 Å². The summed E-state index contributed by atoms with van der Waals surface area (Å²) in [6.07, 6.45) is 4.92. The average Bonchev–Trinajstić information content (AvgIpc) is 3.35. The van der Waals surface area contributed by atoms with E-state index in [-0.39, 0.29) is 35.6 Å². The second kappa shape index (κ2) is 13.5. The Labute approximate surface area is 258 Å². The summed E-state index contributed by atoms with van der Waals surface area (Å²) in [5.41, 5.74) is 2.41. The normalized spacial score (nSPS) is 17.3. The first-order valence-electron chi connectivity index (χ1n) is 14.9. The van der Waals surface area contributed by atoms with Gasteiger partial charge in [-0.05, 0) is 78.9 Å². The maximum Gasteiger partial charge on any atom is 0.328 e. The molecule has 1 N–H and O–H groups in total. The van der Waals surface area contributed by atoms with Gasteiger partial charge in [0.05, 0.1) is 36.3 Å². The highest BCUT2D eigenvalue weighted by atomic mass is 19.1. The lowest BCUT2D eigenvalue weighted by Gasteiger charge is -2.32. The highest BCUT2D eigenvalue weighted by molar-refractivity contribution is 5.87. The molecule has 2 fully saturated rings. The Morgan fingerprint density at radius 2 is 1.93 bits per heavy atom. The molecule has 9 nitrogen and oxygen atoms in total. The van der Waals surface area contributed by atoms with Crippen molar-refractivity contribution in [2.45, 2.75) is 51.2 Å². The molecule has 0 saturated carbocycles. The lowest BCUT2D eigenvalue weighted by Crippen LogP contribution is -2.39. The number of carbonyl (C=O) groups is 1. The van der Waals surface area contributed by atoms with Gasteiger partial charge < -0.3 is 23.9 Å². The van der Waals surface area contributed by atoms with Crippen molar-refractivity contribution in [3.8, 4) is 17.6 Å². The number of fused-ring (bicyclic) bond motifs is 1. The van der Waals surface area contributed by atoms with E-state index in [4.69, 9.17) is 24.6 Å². The molecule has 4 aromatic rings. The first-order chi connectivity index (χ1) is 21.8. The van der Waals surface area contributed by atoms with Gasteiger partial charge in [-0.15, -0.1) is 0 Å². The van der Waals surface area contributed by atoms with Crippen LogP contribution in [0.4, 0.5) is 8.78 Å². The molecule has 0 spiro atoms. The number of rotatable bonds is 11. The van der Waals surface area contributed by atoms with Crippen LogP contribution >= 0.6 is 0 Å². The van der Waals surface area contributed by atoms with Crippen molar-refractivity contribution in [2.75, 3.05) is 19.7 Å². The number of piperidine rings is 1. The topological polar surface area (TPSA) is 110 Å². The minimum absolute atomic E-state index is 0.0107. The molecule has 0 aliphatic carbocycles. The molecule has 3 heterocycles. The van der Waals surface area contributed by atoms with Crippen molar-refractivity contribution in [1.82, 2.24) is 14.5 Å².